The van der Waals surface area contributed by atoms with E-state index in [0.29, 0.717) is 15.4 Å². The second-order valence-corrected chi connectivity index (χ2v) is 5.54. The smallest absolute Gasteiger partial charge is 0.409 e. The fourth-order valence-electron chi connectivity index (χ4n) is 1.92. The van der Waals surface area contributed by atoms with E-state index in [4.69, 9.17) is 27.9 Å². The highest BCUT2D eigenvalue weighted by Crippen LogP contribution is 2.26. The van der Waals surface area contributed by atoms with Crippen LogP contribution in [0.1, 0.15) is 0 Å². The Morgan fingerprint density at radius 2 is 1.83 bits per heavy atom. The fourth-order valence-corrected chi connectivity index (χ4v) is 2.21. The van der Waals surface area contributed by atoms with Crippen LogP contribution in [-0.4, -0.2) is 15.9 Å². The van der Waals surface area contributed by atoms with Gasteiger partial charge in [0, 0.05) is 12.3 Å². The van der Waals surface area contributed by atoms with Crippen molar-refractivity contribution in [3.05, 3.63) is 82.4 Å². The zero-order valence-electron chi connectivity index (χ0n) is 12.3. The third kappa shape index (κ3) is 4.01. The maximum atomic E-state index is 11.8. The lowest BCUT2D eigenvalue weighted by Gasteiger charge is -2.04. The summed E-state index contributed by atoms with van der Waals surface area (Å²) in [6.07, 6.45) is 2.41. The van der Waals surface area contributed by atoms with Crippen molar-refractivity contribution >= 4 is 29.3 Å². The number of para-hydroxylation sites is 1. The maximum Gasteiger partial charge on any atom is 0.439 e. The number of aromatic nitrogens is 2. The van der Waals surface area contributed by atoms with Crippen LogP contribution in [0.15, 0.2) is 72.0 Å². The van der Waals surface area contributed by atoms with Crippen LogP contribution in [0.4, 0.5) is 4.79 Å². The molecule has 0 spiro atoms. The van der Waals surface area contributed by atoms with Gasteiger partial charge in [-0.15, -0.1) is 0 Å². The van der Waals surface area contributed by atoms with Gasteiger partial charge in [-0.25, -0.2) is 9.48 Å². The van der Waals surface area contributed by atoms with Crippen molar-refractivity contribution in [2.45, 2.75) is 0 Å². The Hall–Kier alpha value is -2.63. The number of nitrogens with zero attached hydrogens (tertiary/aromatic N) is 3. The third-order valence-electron chi connectivity index (χ3n) is 3.04. The van der Waals surface area contributed by atoms with Gasteiger partial charge in [0.1, 0.15) is 5.75 Å². The molecule has 0 fully saturated rings. The van der Waals surface area contributed by atoms with Crippen molar-refractivity contribution in [3.63, 3.8) is 0 Å². The van der Waals surface area contributed by atoms with Gasteiger partial charge in [-0.05, 0) is 30.3 Å². The lowest BCUT2D eigenvalue weighted by molar-refractivity contribution is 0.210. The first-order valence-electron chi connectivity index (χ1n) is 6.94. The number of rotatable bonds is 2. The molecule has 1 amide bonds. The Kier molecular flexibility index (Phi) is 4.93. The predicted octanol–water partition coefficient (Wildman–Crippen LogP) is 4.28. The number of carbonyl (C=O) groups is 1. The largest absolute Gasteiger partial charge is 0.439 e. The molecule has 1 aromatic heterocycles. The van der Waals surface area contributed by atoms with Crippen LogP contribution in [0.3, 0.4) is 0 Å². The maximum absolute atomic E-state index is 11.8. The molecule has 0 N–H and O–H groups in total. The Bertz CT molecular complexity index is 920. The predicted molar refractivity (Wildman–Crippen MR) is 91.6 cm³/mol. The zero-order chi connectivity index (χ0) is 16.9. The van der Waals surface area contributed by atoms with Crippen molar-refractivity contribution in [1.29, 1.82) is 0 Å². The van der Waals surface area contributed by atoms with E-state index in [1.54, 1.807) is 23.0 Å². The molecule has 3 rings (SSSR count). The minimum Gasteiger partial charge on any atom is -0.409 e. The van der Waals surface area contributed by atoms with E-state index >= 15 is 0 Å². The summed E-state index contributed by atoms with van der Waals surface area (Å²) in [5.74, 6) is 0.265. The van der Waals surface area contributed by atoms with Crippen LogP contribution in [0.2, 0.25) is 10.0 Å². The number of hydrogen-bond acceptors (Lipinski definition) is 3. The number of halogens is 2. The Morgan fingerprint density at radius 3 is 2.50 bits per heavy atom. The first-order chi connectivity index (χ1) is 11.6. The van der Waals surface area contributed by atoms with Gasteiger partial charge < -0.3 is 4.74 Å². The van der Waals surface area contributed by atoms with Crippen LogP contribution in [0.25, 0.3) is 5.69 Å². The summed E-state index contributed by atoms with van der Waals surface area (Å²) in [5.41, 5.74) is 0.905. The molecule has 3 aromatic rings. The summed E-state index contributed by atoms with van der Waals surface area (Å²) < 4.78 is 6.76. The third-order valence-corrected chi connectivity index (χ3v) is 3.78. The Balaban J connectivity index is 1.76. The van der Waals surface area contributed by atoms with Crippen LogP contribution >= 0.6 is 23.2 Å². The van der Waals surface area contributed by atoms with E-state index in [1.165, 1.54) is 18.3 Å². The van der Waals surface area contributed by atoms with Gasteiger partial charge in [0.2, 0.25) is 0 Å². The second-order valence-electron chi connectivity index (χ2n) is 4.72. The van der Waals surface area contributed by atoms with Crippen molar-refractivity contribution in [2.75, 3.05) is 0 Å². The summed E-state index contributed by atoms with van der Waals surface area (Å²) in [6.45, 7) is 0. The number of benzene rings is 2. The molecule has 24 heavy (non-hydrogen) atoms. The molecule has 0 unspecified atom stereocenters. The molecule has 0 radical (unpaired) electrons. The summed E-state index contributed by atoms with van der Waals surface area (Å²) in [5, 5.41) is 5.27. The lowest BCUT2D eigenvalue weighted by atomic mass is 10.3. The molecular weight excluding hydrogens is 349 g/mol. The standard InChI is InChI=1S/C17H11Cl2N3O2/c18-15-7-6-14(10-16(15)19)24-17(23)21-12-8-9-22(20-11-12)13-4-2-1-3-5-13/h1-11H/b21-12+. The molecule has 0 atom stereocenters. The van der Waals surface area contributed by atoms with Gasteiger partial charge in [0.25, 0.3) is 0 Å². The number of hydrogen-bond donors (Lipinski definition) is 0. The minimum atomic E-state index is -0.771. The minimum absolute atomic E-state index is 0.265. The molecule has 0 aliphatic rings. The highest BCUT2D eigenvalue weighted by Gasteiger charge is 2.05. The van der Waals surface area contributed by atoms with Crippen molar-refractivity contribution < 1.29 is 9.53 Å². The SMILES string of the molecule is O=C(/N=c1\ccn(-c2ccccc2)nc1)Oc1ccc(Cl)c(Cl)c1. The fraction of sp³-hybridized carbons (Fsp3) is 0. The second kappa shape index (κ2) is 7.29. The quantitative estimate of drug-likeness (QED) is 0.686. The molecule has 5 nitrogen and oxygen atoms in total. The van der Waals surface area contributed by atoms with Crippen LogP contribution in [-0.2, 0) is 0 Å². The average molecular weight is 360 g/mol. The van der Waals surface area contributed by atoms with E-state index in [2.05, 4.69) is 10.1 Å². The van der Waals surface area contributed by atoms with Gasteiger partial charge >= 0.3 is 6.09 Å². The summed E-state index contributed by atoms with van der Waals surface area (Å²) in [6, 6.07) is 15.8. The number of ether oxygens (including phenoxy) is 1. The number of carbonyl (C=O) groups excluding carboxylic acids is 1. The molecule has 0 saturated heterocycles. The van der Waals surface area contributed by atoms with E-state index in [-0.39, 0.29) is 5.75 Å². The van der Waals surface area contributed by atoms with E-state index in [0.717, 1.165) is 5.69 Å². The molecule has 0 aliphatic heterocycles. The Morgan fingerprint density at radius 1 is 1.04 bits per heavy atom. The van der Waals surface area contributed by atoms with Crippen molar-refractivity contribution in [2.24, 2.45) is 4.99 Å². The average Bonchev–Trinajstić information content (AvgIpc) is 2.59. The van der Waals surface area contributed by atoms with E-state index in [1.807, 2.05) is 30.3 Å². The molecule has 1 heterocycles. The first kappa shape index (κ1) is 16.2. The van der Waals surface area contributed by atoms with Gasteiger partial charge in [-0.1, -0.05) is 41.4 Å². The van der Waals surface area contributed by atoms with E-state index in [9.17, 15) is 4.79 Å². The molecule has 2 aromatic carbocycles. The number of amides is 1. The lowest BCUT2D eigenvalue weighted by Crippen LogP contribution is -2.13. The van der Waals surface area contributed by atoms with Gasteiger partial charge in [-0.3, -0.25) is 0 Å². The summed E-state index contributed by atoms with van der Waals surface area (Å²) in [7, 11) is 0. The van der Waals surface area contributed by atoms with Gasteiger partial charge in [0.15, 0.2) is 0 Å². The summed E-state index contributed by atoms with van der Waals surface area (Å²) in [4.78, 5) is 15.7. The Labute approximate surface area is 147 Å². The normalized spacial score (nSPS) is 11.3. The van der Waals surface area contributed by atoms with Gasteiger partial charge in [-0.2, -0.15) is 10.1 Å². The monoisotopic (exact) mass is 359 g/mol. The zero-order valence-corrected chi connectivity index (χ0v) is 13.8. The van der Waals surface area contributed by atoms with E-state index < -0.39 is 6.09 Å². The molecule has 0 bridgehead atoms. The molecule has 120 valence electrons. The molecule has 0 aliphatic carbocycles. The topological polar surface area (TPSA) is 56.5 Å². The van der Waals surface area contributed by atoms with Crippen LogP contribution in [0.5, 0.6) is 5.75 Å². The van der Waals surface area contributed by atoms with Crippen LogP contribution < -0.4 is 10.1 Å². The highest BCUT2D eigenvalue weighted by molar-refractivity contribution is 6.42. The van der Waals surface area contributed by atoms with Crippen molar-refractivity contribution in [3.8, 4) is 11.4 Å². The molecule has 7 heteroatoms. The summed E-state index contributed by atoms with van der Waals surface area (Å²) >= 11 is 11.7. The van der Waals surface area contributed by atoms with Crippen molar-refractivity contribution in [1.82, 2.24) is 9.78 Å². The van der Waals surface area contributed by atoms with Crippen LogP contribution in [0, 0.1) is 0 Å². The highest BCUT2D eigenvalue weighted by atomic mass is 35.5. The van der Waals surface area contributed by atoms with Gasteiger partial charge in [0.05, 0.1) is 27.3 Å². The molecular formula is C17H11Cl2N3O2. The first-order valence-corrected chi connectivity index (χ1v) is 7.69. The molecule has 0 saturated carbocycles.